The summed E-state index contributed by atoms with van der Waals surface area (Å²) in [5.41, 5.74) is 0. The summed E-state index contributed by atoms with van der Waals surface area (Å²) in [4.78, 5) is 26.2. The molecule has 2 rings (SSSR count). The van der Waals surface area contributed by atoms with Gasteiger partial charge in [-0.25, -0.2) is 0 Å². The van der Waals surface area contributed by atoms with Crippen LogP contribution in [0.1, 0.15) is 32.6 Å². The van der Waals surface area contributed by atoms with E-state index in [1.807, 2.05) is 0 Å². The summed E-state index contributed by atoms with van der Waals surface area (Å²) in [5, 5.41) is 6.19. The van der Waals surface area contributed by atoms with Gasteiger partial charge in [-0.05, 0) is 25.8 Å². The van der Waals surface area contributed by atoms with E-state index in [9.17, 15) is 9.59 Å². The minimum absolute atomic E-state index is 0. The summed E-state index contributed by atoms with van der Waals surface area (Å²) in [6, 6.07) is -0.265. The lowest BCUT2D eigenvalue weighted by Gasteiger charge is -2.31. The monoisotopic (exact) mass is 335 g/mol. The molecule has 1 aliphatic carbocycles. The number of hydrogen-bond donors (Lipinski definition) is 2. The van der Waals surface area contributed by atoms with Crippen LogP contribution in [0.2, 0.25) is 0 Å². The Hall–Kier alpha value is -0.460. The van der Waals surface area contributed by atoms with Crippen LogP contribution in [-0.4, -0.2) is 54.0 Å². The molecular weight excluding hydrogens is 310 g/mol. The van der Waals surface area contributed by atoms with Crippen LogP contribution in [0.3, 0.4) is 0 Å². The summed E-state index contributed by atoms with van der Waals surface area (Å²) < 4.78 is 0. The van der Waals surface area contributed by atoms with Crippen LogP contribution in [0, 0.1) is 5.92 Å². The van der Waals surface area contributed by atoms with Gasteiger partial charge in [0.05, 0.1) is 5.88 Å². The van der Waals surface area contributed by atoms with E-state index in [0.717, 1.165) is 44.5 Å². The van der Waals surface area contributed by atoms with Crippen molar-refractivity contribution in [2.24, 2.45) is 5.92 Å². The standard InChI is InChI=1S/C14H25N3O2S.ClH/c1-2-6-15-7-8-16-13(18)12-9-20-10-17(12)14(19)11-4-3-5-11;/h11-12,15H,2-10H2,1H3,(H,16,18);1H. The van der Waals surface area contributed by atoms with Crippen molar-refractivity contribution in [1.29, 1.82) is 0 Å². The first-order chi connectivity index (χ1) is 9.74. The molecule has 0 aromatic rings. The normalized spacial score (nSPS) is 21.6. The highest BCUT2D eigenvalue weighted by Gasteiger charge is 2.38. The van der Waals surface area contributed by atoms with Crippen LogP contribution in [0.15, 0.2) is 0 Å². The molecule has 1 saturated carbocycles. The Morgan fingerprint density at radius 3 is 2.62 bits per heavy atom. The molecule has 122 valence electrons. The molecule has 2 N–H and O–H groups in total. The molecule has 2 aliphatic rings. The molecule has 0 spiro atoms. The number of nitrogens with one attached hydrogen (secondary N) is 2. The number of carbonyl (C=O) groups excluding carboxylic acids is 2. The zero-order chi connectivity index (χ0) is 14.4. The maximum Gasteiger partial charge on any atom is 0.243 e. The molecule has 5 nitrogen and oxygen atoms in total. The lowest BCUT2D eigenvalue weighted by atomic mass is 9.84. The molecule has 2 fully saturated rings. The van der Waals surface area contributed by atoms with Crippen molar-refractivity contribution in [3.8, 4) is 0 Å². The van der Waals surface area contributed by atoms with E-state index in [2.05, 4.69) is 17.6 Å². The Balaban J connectivity index is 0.00000220. The number of nitrogens with zero attached hydrogens (tertiary/aromatic N) is 1. The Labute approximate surface area is 137 Å². The topological polar surface area (TPSA) is 61.4 Å². The number of thioether (sulfide) groups is 1. The second-order valence-corrected chi connectivity index (χ2v) is 6.49. The van der Waals surface area contributed by atoms with Gasteiger partial charge in [-0.2, -0.15) is 0 Å². The van der Waals surface area contributed by atoms with E-state index in [1.54, 1.807) is 16.7 Å². The average Bonchev–Trinajstić information content (AvgIpc) is 2.85. The fourth-order valence-electron chi connectivity index (χ4n) is 2.46. The maximum atomic E-state index is 12.3. The van der Waals surface area contributed by atoms with Crippen molar-refractivity contribution in [2.75, 3.05) is 31.3 Å². The van der Waals surface area contributed by atoms with Crippen LogP contribution in [-0.2, 0) is 9.59 Å². The van der Waals surface area contributed by atoms with Crippen LogP contribution in [0.4, 0.5) is 0 Å². The molecule has 0 aromatic heterocycles. The van der Waals surface area contributed by atoms with Crippen molar-refractivity contribution in [3.05, 3.63) is 0 Å². The van der Waals surface area contributed by atoms with E-state index in [1.165, 1.54) is 0 Å². The van der Waals surface area contributed by atoms with Gasteiger partial charge < -0.3 is 15.5 Å². The number of amides is 2. The molecule has 7 heteroatoms. The first-order valence-corrected chi connectivity index (χ1v) is 8.76. The number of hydrogen-bond acceptors (Lipinski definition) is 4. The molecule has 1 heterocycles. The van der Waals surface area contributed by atoms with Crippen LogP contribution >= 0.6 is 24.2 Å². The first-order valence-electron chi connectivity index (χ1n) is 7.60. The van der Waals surface area contributed by atoms with Gasteiger partial charge in [0.25, 0.3) is 0 Å². The minimum atomic E-state index is -0.265. The molecular formula is C14H26ClN3O2S. The zero-order valence-corrected chi connectivity index (χ0v) is 14.2. The lowest BCUT2D eigenvalue weighted by molar-refractivity contribution is -0.143. The van der Waals surface area contributed by atoms with E-state index < -0.39 is 0 Å². The third-order valence-corrected chi connectivity index (χ3v) is 4.96. The Morgan fingerprint density at radius 1 is 1.24 bits per heavy atom. The molecule has 1 saturated heterocycles. The Kier molecular flexibility index (Phi) is 8.44. The SMILES string of the molecule is CCCNCCNC(=O)C1CSCN1C(=O)C1CCC1.Cl. The molecule has 1 atom stereocenters. The van der Waals surface area contributed by atoms with E-state index in [4.69, 9.17) is 0 Å². The van der Waals surface area contributed by atoms with Crippen molar-refractivity contribution in [2.45, 2.75) is 38.6 Å². The van der Waals surface area contributed by atoms with Gasteiger partial charge in [0.1, 0.15) is 6.04 Å². The largest absolute Gasteiger partial charge is 0.353 e. The fourth-order valence-corrected chi connectivity index (χ4v) is 3.62. The third kappa shape index (κ3) is 5.04. The summed E-state index contributed by atoms with van der Waals surface area (Å²) in [7, 11) is 0. The third-order valence-electron chi connectivity index (χ3n) is 3.95. The van der Waals surface area contributed by atoms with Gasteiger partial charge in [0.2, 0.25) is 11.8 Å². The summed E-state index contributed by atoms with van der Waals surface area (Å²) >= 11 is 1.67. The molecule has 0 aromatic carbocycles. The number of rotatable bonds is 7. The van der Waals surface area contributed by atoms with Crippen LogP contribution in [0.5, 0.6) is 0 Å². The van der Waals surface area contributed by atoms with Gasteiger partial charge in [-0.1, -0.05) is 13.3 Å². The van der Waals surface area contributed by atoms with Crippen LogP contribution in [0.25, 0.3) is 0 Å². The van der Waals surface area contributed by atoms with Gasteiger partial charge in [-0.3, -0.25) is 9.59 Å². The van der Waals surface area contributed by atoms with Gasteiger partial charge >= 0.3 is 0 Å². The van der Waals surface area contributed by atoms with Crippen molar-refractivity contribution < 1.29 is 9.59 Å². The summed E-state index contributed by atoms with van der Waals surface area (Å²) in [6.07, 6.45) is 4.23. The van der Waals surface area contributed by atoms with E-state index >= 15 is 0 Å². The maximum absolute atomic E-state index is 12.3. The van der Waals surface area contributed by atoms with E-state index in [0.29, 0.717) is 12.4 Å². The highest BCUT2D eigenvalue weighted by Crippen LogP contribution is 2.32. The highest BCUT2D eigenvalue weighted by molar-refractivity contribution is 7.99. The van der Waals surface area contributed by atoms with Crippen molar-refractivity contribution >= 4 is 36.0 Å². The summed E-state index contributed by atoms with van der Waals surface area (Å²) in [6.45, 7) is 4.51. The molecule has 1 aliphatic heterocycles. The highest BCUT2D eigenvalue weighted by atomic mass is 35.5. The number of halogens is 1. The second kappa shape index (κ2) is 9.54. The smallest absolute Gasteiger partial charge is 0.243 e. The molecule has 2 amide bonds. The fraction of sp³-hybridized carbons (Fsp3) is 0.857. The first kappa shape index (κ1) is 18.6. The lowest BCUT2D eigenvalue weighted by Crippen LogP contribution is -2.50. The van der Waals surface area contributed by atoms with Gasteiger partial charge in [-0.15, -0.1) is 24.2 Å². The number of carbonyl (C=O) groups is 2. The molecule has 0 bridgehead atoms. The van der Waals surface area contributed by atoms with Gasteiger partial charge in [0, 0.05) is 24.8 Å². The molecule has 21 heavy (non-hydrogen) atoms. The molecule has 1 unspecified atom stereocenters. The van der Waals surface area contributed by atoms with Crippen molar-refractivity contribution in [1.82, 2.24) is 15.5 Å². The van der Waals surface area contributed by atoms with Crippen LogP contribution < -0.4 is 10.6 Å². The minimum Gasteiger partial charge on any atom is -0.353 e. The Bertz CT molecular complexity index is 353. The average molecular weight is 336 g/mol. The second-order valence-electron chi connectivity index (χ2n) is 5.49. The summed E-state index contributed by atoms with van der Waals surface area (Å²) in [5.74, 6) is 1.76. The quantitative estimate of drug-likeness (QED) is 0.687. The van der Waals surface area contributed by atoms with Gasteiger partial charge in [0.15, 0.2) is 0 Å². The predicted octanol–water partition coefficient (Wildman–Crippen LogP) is 1.23. The zero-order valence-electron chi connectivity index (χ0n) is 12.6. The Morgan fingerprint density at radius 2 is 2.00 bits per heavy atom. The van der Waals surface area contributed by atoms with E-state index in [-0.39, 0.29) is 36.2 Å². The molecule has 0 radical (unpaired) electrons. The van der Waals surface area contributed by atoms with Crippen molar-refractivity contribution in [3.63, 3.8) is 0 Å². The predicted molar refractivity (Wildman–Crippen MR) is 88.7 cm³/mol.